The molecule has 0 saturated carbocycles. The van der Waals surface area contributed by atoms with Gasteiger partial charge in [0, 0.05) is 44.5 Å². The molecule has 9 heteroatoms. The Balaban J connectivity index is 0.000000910. The van der Waals surface area contributed by atoms with E-state index in [0.717, 1.165) is 69.2 Å². The summed E-state index contributed by atoms with van der Waals surface area (Å²) >= 11 is 17.1. The Hall–Kier alpha value is -1.61. The Morgan fingerprint density at radius 2 is 1.62 bits per heavy atom. The van der Waals surface area contributed by atoms with Crippen LogP contribution in [0.25, 0.3) is 0 Å². The van der Waals surface area contributed by atoms with Gasteiger partial charge in [-0.1, -0.05) is 88.5 Å². The average molecular weight is 788 g/mol. The number of allylic oxidation sites excluding steroid dienone is 2. The van der Waals surface area contributed by atoms with E-state index in [1.54, 1.807) is 12.1 Å². The quantitative estimate of drug-likeness (QED) is 0.298. The van der Waals surface area contributed by atoms with Crippen molar-refractivity contribution < 1.29 is 14.7 Å². The number of hydrogen-bond donors (Lipinski definition) is 2. The van der Waals surface area contributed by atoms with Crippen LogP contribution in [0, 0.1) is 5.92 Å². The number of dihydropyridines is 1. The van der Waals surface area contributed by atoms with Gasteiger partial charge in [-0.05, 0) is 93.6 Å². The van der Waals surface area contributed by atoms with Gasteiger partial charge in [-0.3, -0.25) is 9.59 Å². The van der Waals surface area contributed by atoms with Crippen LogP contribution in [0.2, 0.25) is 5.02 Å². The molecule has 5 rings (SSSR count). The number of rotatable bonds is 5. The molecule has 2 N–H and O–H groups in total. The SMILES string of the molecule is CC.CCBr.O=C(O)Cc1ccc(CC(=O)N2CCC(C3c4c(Br)cc(Cl)cc4CCC4=CC(Br)=CNC43)CC2)cc1. The highest BCUT2D eigenvalue weighted by molar-refractivity contribution is 9.12. The number of hydrogen-bond acceptors (Lipinski definition) is 3. The number of benzene rings is 2. The zero-order valence-electron chi connectivity index (χ0n) is 24.4. The number of piperidine rings is 1. The molecule has 0 aromatic heterocycles. The van der Waals surface area contributed by atoms with Crippen LogP contribution in [-0.4, -0.2) is 46.3 Å². The van der Waals surface area contributed by atoms with E-state index in [4.69, 9.17) is 16.7 Å². The molecule has 2 aromatic carbocycles. The molecule has 2 aromatic rings. The summed E-state index contributed by atoms with van der Waals surface area (Å²) in [5, 5.41) is 14.5. The number of aliphatic carboxylic acids is 1. The maximum absolute atomic E-state index is 13.1. The highest BCUT2D eigenvalue weighted by atomic mass is 79.9. The van der Waals surface area contributed by atoms with Gasteiger partial charge in [0.05, 0.1) is 18.9 Å². The summed E-state index contributed by atoms with van der Waals surface area (Å²) in [5.41, 5.74) is 5.72. The van der Waals surface area contributed by atoms with Crippen molar-refractivity contribution >= 4 is 71.3 Å². The highest BCUT2D eigenvalue weighted by Crippen LogP contribution is 2.47. The Bertz CT molecular complexity index is 1290. The predicted octanol–water partition coefficient (Wildman–Crippen LogP) is 8.80. The molecule has 228 valence electrons. The smallest absolute Gasteiger partial charge is 0.307 e. The lowest BCUT2D eigenvalue weighted by Crippen LogP contribution is -2.44. The zero-order valence-corrected chi connectivity index (χ0v) is 30.0. The minimum Gasteiger partial charge on any atom is -0.481 e. The van der Waals surface area contributed by atoms with Crippen molar-refractivity contribution in [1.29, 1.82) is 0 Å². The summed E-state index contributed by atoms with van der Waals surface area (Å²) in [6.45, 7) is 7.52. The highest BCUT2D eigenvalue weighted by Gasteiger charge is 2.40. The fourth-order valence-electron chi connectivity index (χ4n) is 6.06. The molecule has 2 heterocycles. The van der Waals surface area contributed by atoms with Gasteiger partial charge in [0.25, 0.3) is 0 Å². The van der Waals surface area contributed by atoms with E-state index >= 15 is 0 Å². The van der Waals surface area contributed by atoms with Crippen molar-refractivity contribution in [3.63, 3.8) is 0 Å². The van der Waals surface area contributed by atoms with Gasteiger partial charge in [-0.15, -0.1) is 0 Å². The maximum atomic E-state index is 13.1. The van der Waals surface area contributed by atoms with Crippen LogP contribution in [0.15, 0.2) is 63.2 Å². The molecule has 2 atom stereocenters. The number of fused-ring (bicyclic) bond motifs is 2. The molecule has 3 aliphatic rings. The van der Waals surface area contributed by atoms with Crippen molar-refractivity contribution in [3.8, 4) is 0 Å². The minimum absolute atomic E-state index is 0.00610. The molecule has 42 heavy (non-hydrogen) atoms. The van der Waals surface area contributed by atoms with Crippen LogP contribution >= 0.6 is 59.4 Å². The molecular weight excluding hydrogens is 748 g/mol. The van der Waals surface area contributed by atoms with E-state index in [9.17, 15) is 9.59 Å². The van der Waals surface area contributed by atoms with Crippen molar-refractivity contribution in [2.45, 2.75) is 71.3 Å². The number of likely N-dealkylation sites (tertiary alicyclic amines) is 1. The maximum Gasteiger partial charge on any atom is 0.307 e. The summed E-state index contributed by atoms with van der Waals surface area (Å²) in [4.78, 5) is 26.0. The number of halogens is 4. The third kappa shape index (κ3) is 9.20. The van der Waals surface area contributed by atoms with Gasteiger partial charge in [-0.2, -0.15) is 0 Å². The van der Waals surface area contributed by atoms with Crippen molar-refractivity contribution in [2.75, 3.05) is 18.4 Å². The number of carbonyl (C=O) groups is 2. The summed E-state index contributed by atoms with van der Waals surface area (Å²) < 4.78 is 2.14. The second-order valence-electron chi connectivity index (χ2n) is 10.4. The van der Waals surface area contributed by atoms with E-state index in [2.05, 4.69) is 71.4 Å². The number of amides is 1. The monoisotopic (exact) mass is 784 g/mol. The van der Waals surface area contributed by atoms with Crippen molar-refractivity contribution in [1.82, 2.24) is 10.2 Å². The van der Waals surface area contributed by atoms with Crippen LogP contribution in [0.3, 0.4) is 0 Å². The topological polar surface area (TPSA) is 69.6 Å². The van der Waals surface area contributed by atoms with E-state index in [1.165, 1.54) is 16.7 Å². The largest absolute Gasteiger partial charge is 0.481 e. The third-order valence-electron chi connectivity index (χ3n) is 7.81. The Labute approximate surface area is 280 Å². The van der Waals surface area contributed by atoms with Crippen LogP contribution < -0.4 is 5.32 Å². The molecule has 0 bridgehead atoms. The molecular formula is C33H40Br3ClN2O3. The normalized spacial score (nSPS) is 19.6. The second-order valence-corrected chi connectivity index (χ2v) is 13.8. The number of aryl methyl sites for hydroxylation is 1. The zero-order chi connectivity index (χ0) is 30.8. The lowest BCUT2D eigenvalue weighted by atomic mass is 9.73. The molecule has 1 aliphatic carbocycles. The molecule has 2 unspecified atom stereocenters. The first-order chi connectivity index (χ1) is 20.2. The fourth-order valence-corrected chi connectivity index (χ4v) is 7.63. The van der Waals surface area contributed by atoms with Crippen molar-refractivity contribution in [2.24, 2.45) is 5.92 Å². The van der Waals surface area contributed by atoms with Gasteiger partial charge in [0.1, 0.15) is 0 Å². The van der Waals surface area contributed by atoms with E-state index in [1.807, 2.05) is 43.9 Å². The second kappa shape index (κ2) is 17.0. The lowest BCUT2D eigenvalue weighted by Gasteiger charge is -2.41. The summed E-state index contributed by atoms with van der Waals surface area (Å²) in [5.74, 6) is -0.0131. The van der Waals surface area contributed by atoms with Gasteiger partial charge < -0.3 is 15.3 Å². The average Bonchev–Trinajstić information content (AvgIpc) is 3.12. The van der Waals surface area contributed by atoms with Crippen molar-refractivity contribution in [3.05, 3.63) is 90.5 Å². The van der Waals surface area contributed by atoms with Gasteiger partial charge in [0.2, 0.25) is 5.91 Å². The first kappa shape index (κ1) is 34.9. The van der Waals surface area contributed by atoms with E-state index in [-0.39, 0.29) is 24.3 Å². The van der Waals surface area contributed by atoms with Crippen LogP contribution in [0.4, 0.5) is 0 Å². The minimum atomic E-state index is -0.854. The Morgan fingerprint density at radius 1 is 1.02 bits per heavy atom. The van der Waals surface area contributed by atoms with E-state index < -0.39 is 5.97 Å². The van der Waals surface area contributed by atoms with Crippen LogP contribution in [0.5, 0.6) is 0 Å². The molecule has 0 radical (unpaired) electrons. The molecule has 1 saturated heterocycles. The molecule has 1 fully saturated rings. The fraction of sp³-hybridized carbons (Fsp3) is 0.455. The Morgan fingerprint density at radius 3 is 2.21 bits per heavy atom. The van der Waals surface area contributed by atoms with Crippen LogP contribution in [-0.2, 0) is 28.9 Å². The molecule has 0 spiro atoms. The number of carboxylic acids is 1. The van der Waals surface area contributed by atoms with E-state index in [0.29, 0.717) is 12.3 Å². The Kier molecular flexibility index (Phi) is 14.1. The summed E-state index contributed by atoms with van der Waals surface area (Å²) in [7, 11) is 0. The first-order valence-electron chi connectivity index (χ1n) is 14.6. The number of carboxylic acid groups (broad SMARTS) is 1. The molecule has 1 amide bonds. The summed E-state index contributed by atoms with van der Waals surface area (Å²) in [6.07, 6.45) is 8.47. The number of nitrogens with one attached hydrogen (secondary N) is 1. The van der Waals surface area contributed by atoms with Crippen LogP contribution in [0.1, 0.15) is 68.2 Å². The summed E-state index contributed by atoms with van der Waals surface area (Å²) in [6, 6.07) is 11.7. The predicted molar refractivity (Wildman–Crippen MR) is 184 cm³/mol. The third-order valence-corrected chi connectivity index (χ3v) is 9.14. The first-order valence-corrected chi connectivity index (χ1v) is 17.7. The lowest BCUT2D eigenvalue weighted by molar-refractivity contribution is -0.136. The molecule has 5 nitrogen and oxygen atoms in total. The molecule has 2 aliphatic heterocycles. The van der Waals surface area contributed by atoms with Gasteiger partial charge >= 0.3 is 5.97 Å². The van der Waals surface area contributed by atoms with Gasteiger partial charge in [0.15, 0.2) is 0 Å². The number of nitrogens with zero attached hydrogens (tertiary/aromatic N) is 1. The van der Waals surface area contributed by atoms with Gasteiger partial charge in [-0.25, -0.2) is 0 Å². The number of alkyl halides is 1. The number of carbonyl (C=O) groups excluding carboxylic acids is 1. The standard InChI is InChI=1S/C29H29Br2ClN2O3.C2H5Br.C2H6/c30-22-13-21-6-5-20-14-23(32)15-24(31)27(20)28(29(21)33-16-22)19-7-9-34(10-8-19)25(35)11-17-1-3-18(4-2-17)12-26(36)37;1-2-3;1-2/h1-4,13-16,19,28-29,33H,5-12H2,(H,36,37);2H2,1H3;1-2H3.